The molecule has 0 atom stereocenters. The number of piperazine rings is 1. The SMILES string of the molecule is CCc1nc2ccccc2n1-c1nc(N2CCOCC2)c2nc(C(=O)N3CCN(C=O)CC3)n(C)c2n1. The Labute approximate surface area is 213 Å². The van der Waals surface area contributed by atoms with Gasteiger partial charge in [-0.05, 0) is 12.1 Å². The van der Waals surface area contributed by atoms with Crippen molar-refractivity contribution < 1.29 is 14.3 Å². The normalized spacial score (nSPS) is 16.6. The number of carbonyl (C=O) groups excluding carboxylic acids is 2. The summed E-state index contributed by atoms with van der Waals surface area (Å²) < 4.78 is 9.32. The lowest BCUT2D eigenvalue weighted by Gasteiger charge is -2.32. The summed E-state index contributed by atoms with van der Waals surface area (Å²) in [6.07, 6.45) is 1.54. The topological polar surface area (TPSA) is 115 Å². The molecule has 12 nitrogen and oxygen atoms in total. The lowest BCUT2D eigenvalue weighted by Crippen LogP contribution is -2.48. The van der Waals surface area contributed by atoms with Crippen molar-refractivity contribution >= 4 is 40.3 Å². The molecular weight excluding hydrogens is 474 g/mol. The molecule has 2 aliphatic heterocycles. The first kappa shape index (κ1) is 23.3. The number of morpholine rings is 1. The summed E-state index contributed by atoms with van der Waals surface area (Å²) in [5.41, 5.74) is 2.98. The Hall–Kier alpha value is -4.06. The molecule has 5 heterocycles. The second kappa shape index (κ2) is 9.43. The summed E-state index contributed by atoms with van der Waals surface area (Å²) in [6.45, 7) is 6.54. The van der Waals surface area contributed by atoms with E-state index in [0.29, 0.717) is 87.7 Å². The molecule has 2 aliphatic rings. The number of benzene rings is 1. The van der Waals surface area contributed by atoms with Crippen LogP contribution in [-0.4, -0.2) is 104 Å². The number of nitrogens with zero attached hydrogens (tertiary/aromatic N) is 9. The number of para-hydroxylation sites is 2. The lowest BCUT2D eigenvalue weighted by atomic mass is 10.3. The van der Waals surface area contributed by atoms with E-state index < -0.39 is 0 Å². The highest BCUT2D eigenvalue weighted by molar-refractivity contribution is 5.96. The highest BCUT2D eigenvalue weighted by Gasteiger charge is 2.29. The van der Waals surface area contributed by atoms with Gasteiger partial charge in [0.2, 0.25) is 18.2 Å². The number of hydrogen-bond donors (Lipinski definition) is 0. The largest absolute Gasteiger partial charge is 0.378 e. The third kappa shape index (κ3) is 3.97. The highest BCUT2D eigenvalue weighted by Crippen LogP contribution is 2.28. The molecule has 1 aromatic carbocycles. The zero-order chi connectivity index (χ0) is 25.5. The van der Waals surface area contributed by atoms with Crippen molar-refractivity contribution in [3.05, 3.63) is 35.9 Å². The van der Waals surface area contributed by atoms with E-state index in [1.165, 1.54) is 0 Å². The van der Waals surface area contributed by atoms with Crippen LogP contribution in [0.5, 0.6) is 0 Å². The summed E-state index contributed by atoms with van der Waals surface area (Å²) >= 11 is 0. The van der Waals surface area contributed by atoms with Gasteiger partial charge >= 0.3 is 0 Å². The molecule has 0 N–H and O–H groups in total. The number of fused-ring (bicyclic) bond motifs is 2. The average Bonchev–Trinajstić information content (AvgIpc) is 3.50. The Kier molecular flexibility index (Phi) is 5.95. The maximum atomic E-state index is 13.5. The van der Waals surface area contributed by atoms with Crippen LogP contribution in [0, 0.1) is 0 Å². The quantitative estimate of drug-likeness (QED) is 0.371. The Balaban J connectivity index is 1.50. The predicted molar refractivity (Wildman–Crippen MR) is 137 cm³/mol. The van der Waals surface area contributed by atoms with Gasteiger partial charge in [0.15, 0.2) is 17.0 Å². The molecule has 12 heteroatoms. The van der Waals surface area contributed by atoms with E-state index >= 15 is 0 Å². The third-order valence-electron chi connectivity index (χ3n) is 7.09. The van der Waals surface area contributed by atoms with Gasteiger partial charge in [-0.25, -0.2) is 9.97 Å². The van der Waals surface area contributed by atoms with Gasteiger partial charge in [-0.3, -0.25) is 14.2 Å². The number of amides is 2. The van der Waals surface area contributed by atoms with E-state index in [2.05, 4.69) is 11.8 Å². The minimum Gasteiger partial charge on any atom is -0.378 e. The molecule has 0 bridgehead atoms. The summed E-state index contributed by atoms with van der Waals surface area (Å²) in [5.74, 6) is 2.18. The number of aromatic nitrogens is 6. The minimum atomic E-state index is -0.178. The van der Waals surface area contributed by atoms with E-state index in [9.17, 15) is 9.59 Å². The first-order chi connectivity index (χ1) is 18.1. The van der Waals surface area contributed by atoms with E-state index in [1.807, 2.05) is 35.9 Å². The summed E-state index contributed by atoms with van der Waals surface area (Å²) in [6, 6.07) is 7.95. The number of anilines is 1. The van der Waals surface area contributed by atoms with Gasteiger partial charge in [-0.1, -0.05) is 19.1 Å². The van der Waals surface area contributed by atoms with E-state index in [-0.39, 0.29) is 5.91 Å². The van der Waals surface area contributed by atoms with Crippen molar-refractivity contribution in [2.24, 2.45) is 7.05 Å². The first-order valence-corrected chi connectivity index (χ1v) is 12.6. The van der Waals surface area contributed by atoms with Gasteiger partial charge in [0, 0.05) is 52.7 Å². The molecular formula is C25H29N9O3. The van der Waals surface area contributed by atoms with Crippen molar-refractivity contribution in [2.75, 3.05) is 57.4 Å². The molecule has 4 aromatic rings. The number of imidazole rings is 2. The van der Waals surface area contributed by atoms with Gasteiger partial charge < -0.3 is 24.0 Å². The molecule has 2 amide bonds. The Morgan fingerprint density at radius 1 is 1.00 bits per heavy atom. The van der Waals surface area contributed by atoms with Crippen LogP contribution < -0.4 is 4.90 Å². The number of carbonyl (C=O) groups is 2. The lowest BCUT2D eigenvalue weighted by molar-refractivity contribution is -0.119. The van der Waals surface area contributed by atoms with Crippen LogP contribution in [0.3, 0.4) is 0 Å². The van der Waals surface area contributed by atoms with E-state index in [0.717, 1.165) is 23.3 Å². The molecule has 3 aromatic heterocycles. The van der Waals surface area contributed by atoms with Gasteiger partial charge in [0.25, 0.3) is 5.91 Å². The molecule has 37 heavy (non-hydrogen) atoms. The van der Waals surface area contributed by atoms with Crippen molar-refractivity contribution in [2.45, 2.75) is 13.3 Å². The molecule has 0 spiro atoms. The second-order valence-corrected chi connectivity index (χ2v) is 9.25. The van der Waals surface area contributed by atoms with Crippen LogP contribution in [-0.2, 0) is 23.0 Å². The van der Waals surface area contributed by atoms with Crippen LogP contribution >= 0.6 is 0 Å². The monoisotopic (exact) mass is 503 g/mol. The van der Waals surface area contributed by atoms with Crippen LogP contribution in [0.15, 0.2) is 24.3 Å². The summed E-state index contributed by atoms with van der Waals surface area (Å²) in [4.78, 5) is 49.7. The smallest absolute Gasteiger partial charge is 0.290 e. The van der Waals surface area contributed by atoms with Crippen LogP contribution in [0.2, 0.25) is 0 Å². The van der Waals surface area contributed by atoms with Crippen LogP contribution in [0.4, 0.5) is 5.82 Å². The minimum absolute atomic E-state index is 0.178. The van der Waals surface area contributed by atoms with Gasteiger partial charge in [0.1, 0.15) is 5.82 Å². The van der Waals surface area contributed by atoms with Crippen molar-refractivity contribution in [1.29, 1.82) is 0 Å². The first-order valence-electron chi connectivity index (χ1n) is 12.6. The fourth-order valence-corrected chi connectivity index (χ4v) is 5.03. The molecule has 0 saturated carbocycles. The van der Waals surface area contributed by atoms with Gasteiger partial charge in [-0.2, -0.15) is 9.97 Å². The summed E-state index contributed by atoms with van der Waals surface area (Å²) in [5, 5.41) is 0. The third-order valence-corrected chi connectivity index (χ3v) is 7.09. The van der Waals surface area contributed by atoms with Crippen LogP contribution in [0.1, 0.15) is 23.4 Å². The molecule has 0 radical (unpaired) electrons. The second-order valence-electron chi connectivity index (χ2n) is 9.25. The number of hydrogen-bond acceptors (Lipinski definition) is 8. The predicted octanol–water partition coefficient (Wildman–Crippen LogP) is 1.02. The summed E-state index contributed by atoms with van der Waals surface area (Å²) in [7, 11) is 1.82. The number of ether oxygens (including phenoxy) is 1. The van der Waals surface area contributed by atoms with Crippen molar-refractivity contribution in [3.63, 3.8) is 0 Å². The fourth-order valence-electron chi connectivity index (χ4n) is 5.03. The molecule has 2 saturated heterocycles. The average molecular weight is 504 g/mol. The molecule has 2 fully saturated rings. The maximum Gasteiger partial charge on any atom is 0.290 e. The maximum absolute atomic E-state index is 13.5. The van der Waals surface area contributed by atoms with Crippen molar-refractivity contribution in [3.8, 4) is 5.95 Å². The van der Waals surface area contributed by atoms with E-state index in [4.69, 9.17) is 24.7 Å². The molecule has 0 aliphatic carbocycles. The molecule has 0 unspecified atom stereocenters. The fraction of sp³-hybridized carbons (Fsp3) is 0.440. The van der Waals surface area contributed by atoms with Gasteiger partial charge in [-0.15, -0.1) is 0 Å². The number of aryl methyl sites for hydroxylation is 2. The standard InChI is InChI=1S/C25H29N9O3/c1-3-19-26-17-6-4-5-7-18(17)34(19)25-28-21-20(22(29-25)32-12-14-37-15-13-32)27-23(30(21)2)24(36)33-10-8-31(16-35)9-11-33/h4-7,16H,3,8-15H2,1-2H3. The van der Waals surface area contributed by atoms with E-state index in [1.54, 1.807) is 14.4 Å². The zero-order valence-corrected chi connectivity index (χ0v) is 21.0. The molecule has 192 valence electrons. The Morgan fingerprint density at radius 2 is 1.76 bits per heavy atom. The zero-order valence-electron chi connectivity index (χ0n) is 21.0. The molecule has 6 rings (SSSR count). The van der Waals surface area contributed by atoms with Gasteiger partial charge in [0.05, 0.1) is 24.2 Å². The highest BCUT2D eigenvalue weighted by atomic mass is 16.5. The van der Waals surface area contributed by atoms with Crippen molar-refractivity contribution in [1.82, 2.24) is 38.9 Å². The Bertz CT molecular complexity index is 1480. The Morgan fingerprint density at radius 3 is 2.49 bits per heavy atom. The number of rotatable bonds is 5. The van der Waals surface area contributed by atoms with Crippen LogP contribution in [0.25, 0.3) is 28.1 Å².